The maximum atomic E-state index is 11.8. The molecule has 0 aromatic heterocycles. The van der Waals surface area contributed by atoms with E-state index in [1.54, 1.807) is 0 Å². The van der Waals surface area contributed by atoms with Gasteiger partial charge in [-0.05, 0) is 26.0 Å². The number of benzene rings is 1. The van der Waals surface area contributed by atoms with Gasteiger partial charge in [-0.2, -0.15) is 0 Å². The second-order valence-corrected chi connectivity index (χ2v) is 6.43. The lowest BCUT2D eigenvalue weighted by Crippen LogP contribution is -2.32. The first-order chi connectivity index (χ1) is 9.60. The van der Waals surface area contributed by atoms with Crippen LogP contribution in [-0.4, -0.2) is 38.2 Å². The van der Waals surface area contributed by atoms with E-state index in [-0.39, 0.29) is 17.8 Å². The first-order valence-electron chi connectivity index (χ1n) is 6.01. The zero-order valence-corrected chi connectivity index (χ0v) is 12.6. The first kappa shape index (κ1) is 17.1. The van der Waals surface area contributed by atoms with Crippen LogP contribution < -0.4 is 4.72 Å². The highest BCUT2D eigenvalue weighted by Gasteiger charge is 2.17. The molecule has 1 rings (SSSR count). The van der Waals surface area contributed by atoms with Crippen molar-refractivity contribution in [2.24, 2.45) is 0 Å². The molecule has 0 saturated heterocycles. The number of nitrogens with one attached hydrogen (secondary N) is 1. The first-order valence-corrected chi connectivity index (χ1v) is 7.90. The van der Waals surface area contributed by atoms with Crippen LogP contribution in [0.15, 0.2) is 18.2 Å². The zero-order chi connectivity index (χ0) is 16.2. The Morgan fingerprint density at radius 1 is 1.48 bits per heavy atom. The lowest BCUT2D eigenvalue weighted by atomic mass is 10.1. The molecule has 0 aliphatic heterocycles. The van der Waals surface area contributed by atoms with E-state index in [0.717, 1.165) is 6.26 Å². The van der Waals surface area contributed by atoms with Crippen LogP contribution in [0.25, 0.3) is 0 Å². The third-order valence-electron chi connectivity index (χ3n) is 2.57. The van der Waals surface area contributed by atoms with Gasteiger partial charge in [0.25, 0.3) is 5.69 Å². The van der Waals surface area contributed by atoms with Gasteiger partial charge in [-0.15, -0.1) is 0 Å². The smallest absolute Gasteiger partial charge is 0.338 e. The standard InChI is InChI=1S/C12H16N2O6S/c1-8-6-10(4-5-11(8)14(16)17)12(15)20-9(2)7-13-21(3,18)19/h4-6,9,13H,7H2,1-3H3/t9-/m1/s1. The molecular weight excluding hydrogens is 300 g/mol. The highest BCUT2D eigenvalue weighted by molar-refractivity contribution is 7.88. The number of sulfonamides is 1. The fourth-order valence-corrected chi connectivity index (χ4v) is 2.09. The van der Waals surface area contributed by atoms with Crippen molar-refractivity contribution in [3.8, 4) is 0 Å². The molecular formula is C12H16N2O6S. The lowest BCUT2D eigenvalue weighted by molar-refractivity contribution is -0.385. The highest BCUT2D eigenvalue weighted by Crippen LogP contribution is 2.19. The number of hydrogen-bond acceptors (Lipinski definition) is 6. The Hall–Kier alpha value is -2.00. The van der Waals surface area contributed by atoms with Crippen molar-refractivity contribution in [1.82, 2.24) is 4.72 Å². The van der Waals surface area contributed by atoms with E-state index in [2.05, 4.69) is 4.72 Å². The number of nitrogens with zero attached hydrogens (tertiary/aromatic N) is 1. The number of carbonyl (C=O) groups is 1. The normalized spacial score (nSPS) is 12.7. The predicted octanol–water partition coefficient (Wildman–Crippen LogP) is 0.998. The minimum absolute atomic E-state index is 0.0451. The number of nitro groups is 1. The molecule has 0 amide bonds. The number of carbonyl (C=O) groups excluding carboxylic acids is 1. The largest absolute Gasteiger partial charge is 0.458 e. The van der Waals surface area contributed by atoms with Crippen molar-refractivity contribution in [3.05, 3.63) is 39.4 Å². The van der Waals surface area contributed by atoms with Gasteiger partial charge in [0.05, 0.1) is 16.7 Å². The van der Waals surface area contributed by atoms with Gasteiger partial charge in [-0.1, -0.05) is 0 Å². The van der Waals surface area contributed by atoms with Crippen molar-refractivity contribution in [1.29, 1.82) is 0 Å². The van der Waals surface area contributed by atoms with Gasteiger partial charge >= 0.3 is 5.97 Å². The van der Waals surface area contributed by atoms with Gasteiger partial charge in [0.2, 0.25) is 10.0 Å². The SMILES string of the molecule is Cc1cc(C(=O)O[C@H](C)CNS(C)(=O)=O)ccc1[N+](=O)[O-]. The Morgan fingerprint density at radius 2 is 2.10 bits per heavy atom. The van der Waals surface area contributed by atoms with Crippen LogP contribution in [0, 0.1) is 17.0 Å². The van der Waals surface area contributed by atoms with Crippen LogP contribution >= 0.6 is 0 Å². The van der Waals surface area contributed by atoms with Gasteiger partial charge < -0.3 is 4.74 Å². The summed E-state index contributed by atoms with van der Waals surface area (Å²) < 4.78 is 29.1. The average molecular weight is 316 g/mol. The summed E-state index contributed by atoms with van der Waals surface area (Å²) in [6.45, 7) is 3.01. The van der Waals surface area contributed by atoms with Crippen LogP contribution in [0.5, 0.6) is 0 Å². The molecule has 0 aliphatic rings. The Kier molecular flexibility index (Phi) is 5.39. The summed E-state index contributed by atoms with van der Waals surface area (Å²) in [5.74, 6) is -0.671. The molecule has 0 saturated carbocycles. The summed E-state index contributed by atoms with van der Waals surface area (Å²) in [5, 5.41) is 10.7. The van der Waals surface area contributed by atoms with Crippen LogP contribution in [0.1, 0.15) is 22.8 Å². The summed E-state index contributed by atoms with van der Waals surface area (Å²) in [5.41, 5.74) is 0.430. The molecule has 1 aromatic carbocycles. The maximum absolute atomic E-state index is 11.8. The molecule has 8 nitrogen and oxygen atoms in total. The van der Waals surface area contributed by atoms with E-state index < -0.39 is 27.0 Å². The molecule has 0 heterocycles. The van der Waals surface area contributed by atoms with Crippen molar-refractivity contribution in [2.75, 3.05) is 12.8 Å². The van der Waals surface area contributed by atoms with Crippen LogP contribution in [-0.2, 0) is 14.8 Å². The lowest BCUT2D eigenvalue weighted by Gasteiger charge is -2.13. The van der Waals surface area contributed by atoms with E-state index in [9.17, 15) is 23.3 Å². The fourth-order valence-electron chi connectivity index (χ4n) is 1.55. The van der Waals surface area contributed by atoms with E-state index in [0.29, 0.717) is 5.56 Å². The quantitative estimate of drug-likeness (QED) is 0.475. The molecule has 0 fully saturated rings. The summed E-state index contributed by atoms with van der Waals surface area (Å²) in [6, 6.07) is 3.88. The molecule has 0 unspecified atom stereocenters. The van der Waals surface area contributed by atoms with Crippen molar-refractivity contribution >= 4 is 21.7 Å². The molecule has 0 aliphatic carbocycles. The van der Waals surface area contributed by atoms with E-state index in [1.165, 1.54) is 32.0 Å². The molecule has 0 radical (unpaired) electrons. The Labute approximate surface area is 122 Å². The number of hydrogen-bond donors (Lipinski definition) is 1. The third-order valence-corrected chi connectivity index (χ3v) is 3.26. The molecule has 116 valence electrons. The van der Waals surface area contributed by atoms with Gasteiger partial charge in [-0.25, -0.2) is 17.9 Å². The Bertz CT molecular complexity index is 656. The molecule has 9 heteroatoms. The van der Waals surface area contributed by atoms with Gasteiger partial charge in [0, 0.05) is 18.2 Å². The Morgan fingerprint density at radius 3 is 2.57 bits per heavy atom. The van der Waals surface area contributed by atoms with Crippen molar-refractivity contribution in [3.63, 3.8) is 0 Å². The maximum Gasteiger partial charge on any atom is 0.338 e. The van der Waals surface area contributed by atoms with E-state index in [4.69, 9.17) is 4.74 Å². The van der Waals surface area contributed by atoms with Crippen LogP contribution in [0.3, 0.4) is 0 Å². The van der Waals surface area contributed by atoms with E-state index >= 15 is 0 Å². The molecule has 1 aromatic rings. The average Bonchev–Trinajstić information content (AvgIpc) is 2.34. The Balaban J connectivity index is 2.72. The van der Waals surface area contributed by atoms with E-state index in [1.807, 2.05) is 0 Å². The molecule has 0 bridgehead atoms. The highest BCUT2D eigenvalue weighted by atomic mass is 32.2. The van der Waals surface area contributed by atoms with Crippen molar-refractivity contribution < 1.29 is 22.9 Å². The second-order valence-electron chi connectivity index (χ2n) is 4.59. The summed E-state index contributed by atoms with van der Waals surface area (Å²) >= 11 is 0. The van der Waals surface area contributed by atoms with Crippen LogP contribution in [0.4, 0.5) is 5.69 Å². The van der Waals surface area contributed by atoms with Crippen molar-refractivity contribution in [2.45, 2.75) is 20.0 Å². The number of ether oxygens (including phenoxy) is 1. The number of aryl methyl sites for hydroxylation is 1. The number of nitro benzene ring substituents is 1. The molecule has 1 N–H and O–H groups in total. The zero-order valence-electron chi connectivity index (χ0n) is 11.8. The molecule has 0 spiro atoms. The molecule has 21 heavy (non-hydrogen) atoms. The number of rotatable bonds is 6. The summed E-state index contributed by atoms with van der Waals surface area (Å²) in [4.78, 5) is 22.0. The topological polar surface area (TPSA) is 116 Å². The summed E-state index contributed by atoms with van der Waals surface area (Å²) in [7, 11) is -3.36. The van der Waals surface area contributed by atoms with Gasteiger partial charge in [0.1, 0.15) is 6.10 Å². The minimum atomic E-state index is -3.36. The predicted molar refractivity (Wildman–Crippen MR) is 75.6 cm³/mol. The summed E-state index contributed by atoms with van der Waals surface area (Å²) in [6.07, 6.45) is 0.337. The molecule has 1 atom stereocenters. The second kappa shape index (κ2) is 6.64. The third kappa shape index (κ3) is 5.48. The monoisotopic (exact) mass is 316 g/mol. The number of esters is 1. The fraction of sp³-hybridized carbons (Fsp3) is 0.417. The van der Waals surface area contributed by atoms with Gasteiger partial charge in [-0.3, -0.25) is 10.1 Å². The van der Waals surface area contributed by atoms with Crippen LogP contribution in [0.2, 0.25) is 0 Å². The minimum Gasteiger partial charge on any atom is -0.458 e. The van der Waals surface area contributed by atoms with Gasteiger partial charge in [0.15, 0.2) is 0 Å².